The van der Waals surface area contributed by atoms with Crippen LogP contribution in [0.15, 0.2) is 29.8 Å². The van der Waals surface area contributed by atoms with Crippen molar-refractivity contribution >= 4 is 10.4 Å². The summed E-state index contributed by atoms with van der Waals surface area (Å²) in [4.78, 5) is 0. The lowest BCUT2D eigenvalue weighted by Crippen LogP contribution is -2.39. The van der Waals surface area contributed by atoms with Gasteiger partial charge in [0.25, 0.3) is 0 Å². The highest BCUT2D eigenvalue weighted by atomic mass is 32.3. The zero-order chi connectivity index (χ0) is 20.6. The summed E-state index contributed by atoms with van der Waals surface area (Å²) in [5.74, 6) is -0.719. The molecule has 2 saturated carbocycles. The van der Waals surface area contributed by atoms with Gasteiger partial charge < -0.3 is 9.29 Å². The van der Waals surface area contributed by atoms with Crippen molar-refractivity contribution in [3.63, 3.8) is 0 Å². The zero-order valence-electron chi connectivity index (χ0n) is 17.2. The number of fused-ring (bicyclic) bond motifs is 5. The molecule has 3 unspecified atom stereocenters. The molecule has 4 rings (SSSR count). The molecule has 0 aliphatic heterocycles. The van der Waals surface area contributed by atoms with Crippen LogP contribution in [0.25, 0.3) is 0 Å². The first-order chi connectivity index (χ1) is 12.8. The van der Waals surface area contributed by atoms with E-state index in [1.807, 2.05) is 13.0 Å². The molecule has 130 valence electrons. The molecule has 5 nitrogen and oxygen atoms in total. The first kappa shape index (κ1) is 12.1. The Bertz CT molecular complexity index is 990. The molecule has 0 spiro atoms. The van der Waals surface area contributed by atoms with Crippen molar-refractivity contribution < 1.29 is 27.7 Å². The SMILES string of the molecule is [2H]c1cc2c(c([2H])c1OS(=O)(=O)O)CC=C1C2CCC2(C)C1CC([2H])([2H])[C@@H]2O. The molecule has 0 aromatic heterocycles. The molecule has 0 amide bonds. The molecule has 1 aromatic rings. The summed E-state index contributed by atoms with van der Waals surface area (Å²) in [5, 5.41) is 10.6. The maximum Gasteiger partial charge on any atom is 0.446 e. The van der Waals surface area contributed by atoms with E-state index in [1.54, 1.807) is 0 Å². The molecule has 2 fully saturated rings. The van der Waals surface area contributed by atoms with Gasteiger partial charge in [-0.2, -0.15) is 8.42 Å². The lowest BCUT2D eigenvalue weighted by molar-refractivity contribution is 0.0267. The molecule has 4 atom stereocenters. The number of allylic oxidation sites excluding steroid dienone is 2. The Kier molecular flexibility index (Phi) is 2.67. The van der Waals surface area contributed by atoms with E-state index in [1.165, 1.54) is 6.07 Å². The van der Waals surface area contributed by atoms with Crippen molar-refractivity contribution in [1.29, 1.82) is 0 Å². The minimum atomic E-state index is -4.84. The van der Waals surface area contributed by atoms with Crippen LogP contribution in [-0.4, -0.2) is 24.2 Å². The van der Waals surface area contributed by atoms with Gasteiger partial charge >= 0.3 is 10.4 Å². The molecular weight excluding hydrogens is 328 g/mol. The highest BCUT2D eigenvalue weighted by Crippen LogP contribution is 2.59. The first-order valence-electron chi connectivity index (χ1n) is 10.0. The van der Waals surface area contributed by atoms with Crippen molar-refractivity contribution in [1.82, 2.24) is 0 Å². The fraction of sp³-hybridized carbons (Fsp3) is 0.556. The molecule has 1 aromatic carbocycles. The Morgan fingerprint density at radius 3 is 3.00 bits per heavy atom. The Balaban J connectivity index is 1.77. The summed E-state index contributed by atoms with van der Waals surface area (Å²) < 4.78 is 68.2. The van der Waals surface area contributed by atoms with Gasteiger partial charge in [-0.3, -0.25) is 4.55 Å². The lowest BCUT2D eigenvalue weighted by atomic mass is 9.59. The Morgan fingerprint density at radius 1 is 1.46 bits per heavy atom. The number of aliphatic hydroxyl groups is 1. The van der Waals surface area contributed by atoms with E-state index >= 15 is 0 Å². The summed E-state index contributed by atoms with van der Waals surface area (Å²) >= 11 is 0. The summed E-state index contributed by atoms with van der Waals surface area (Å²) in [5.41, 5.74) is 1.78. The van der Waals surface area contributed by atoms with Crippen LogP contribution in [0.4, 0.5) is 0 Å². The van der Waals surface area contributed by atoms with E-state index in [-0.39, 0.29) is 30.3 Å². The van der Waals surface area contributed by atoms with E-state index in [0.29, 0.717) is 24.8 Å². The van der Waals surface area contributed by atoms with Gasteiger partial charge in [0.1, 0.15) is 5.75 Å². The van der Waals surface area contributed by atoms with E-state index in [4.69, 9.17) is 10.0 Å². The van der Waals surface area contributed by atoms with Gasteiger partial charge in [0.15, 0.2) is 0 Å². The third-order valence-electron chi connectivity index (χ3n) is 5.79. The Labute approximate surface area is 147 Å². The van der Waals surface area contributed by atoms with Crippen molar-refractivity contribution in [2.24, 2.45) is 11.3 Å². The Hall–Kier alpha value is -1.37. The molecule has 0 heterocycles. The summed E-state index contributed by atoms with van der Waals surface area (Å²) in [6.45, 7) is 1.93. The summed E-state index contributed by atoms with van der Waals surface area (Å²) in [6.07, 6.45) is 1.06. The highest BCUT2D eigenvalue weighted by Gasteiger charge is 2.51. The third-order valence-corrected chi connectivity index (χ3v) is 6.17. The van der Waals surface area contributed by atoms with Gasteiger partial charge in [0, 0.05) is 14.1 Å². The quantitative estimate of drug-likeness (QED) is 0.630. The minimum absolute atomic E-state index is 0.101. The second-order valence-corrected chi connectivity index (χ2v) is 8.08. The fourth-order valence-corrected chi connectivity index (χ4v) is 4.81. The lowest BCUT2D eigenvalue weighted by Gasteiger charge is -2.46. The molecule has 3 aliphatic carbocycles. The summed E-state index contributed by atoms with van der Waals surface area (Å²) in [6, 6.07) is 0.956. The molecule has 0 saturated heterocycles. The fourth-order valence-electron chi connectivity index (χ4n) is 4.51. The maximum atomic E-state index is 11.0. The number of rotatable bonds is 2. The Morgan fingerprint density at radius 2 is 2.25 bits per heavy atom. The zero-order valence-corrected chi connectivity index (χ0v) is 14.1. The van der Waals surface area contributed by atoms with E-state index in [2.05, 4.69) is 4.18 Å². The van der Waals surface area contributed by atoms with E-state index < -0.39 is 34.0 Å². The average molecular weight is 354 g/mol. The van der Waals surface area contributed by atoms with E-state index in [0.717, 1.165) is 11.1 Å². The first-order valence-corrected chi connectivity index (χ1v) is 9.39. The topological polar surface area (TPSA) is 83.8 Å². The molecular formula is C18H22O5S. The van der Waals surface area contributed by atoms with Crippen LogP contribution in [0.5, 0.6) is 5.75 Å². The smallest absolute Gasteiger partial charge is 0.393 e. The van der Waals surface area contributed by atoms with Crippen LogP contribution in [0.3, 0.4) is 0 Å². The van der Waals surface area contributed by atoms with Gasteiger partial charge in [-0.25, -0.2) is 0 Å². The molecule has 2 N–H and O–H groups in total. The molecule has 3 aliphatic rings. The largest absolute Gasteiger partial charge is 0.446 e. The predicted molar refractivity (Wildman–Crippen MR) is 89.2 cm³/mol. The van der Waals surface area contributed by atoms with Crippen molar-refractivity contribution in [2.75, 3.05) is 0 Å². The van der Waals surface area contributed by atoms with Crippen molar-refractivity contribution in [3.05, 3.63) is 40.9 Å². The van der Waals surface area contributed by atoms with Crippen LogP contribution in [-0.2, 0) is 16.8 Å². The number of aliphatic hydroxyl groups excluding tert-OH is 1. The average Bonchev–Trinajstić information content (AvgIpc) is 2.77. The normalized spacial score (nSPS) is 39.3. The van der Waals surface area contributed by atoms with Gasteiger partial charge in [0.05, 0.1) is 8.85 Å². The second-order valence-electron chi connectivity index (χ2n) is 7.06. The van der Waals surface area contributed by atoms with Crippen molar-refractivity contribution in [3.8, 4) is 5.75 Å². The predicted octanol–water partition coefficient (Wildman–Crippen LogP) is 3.01. The second kappa shape index (κ2) is 5.31. The third kappa shape index (κ3) is 2.48. The summed E-state index contributed by atoms with van der Waals surface area (Å²) in [7, 11) is -4.84. The van der Waals surface area contributed by atoms with Gasteiger partial charge in [-0.1, -0.05) is 24.6 Å². The van der Waals surface area contributed by atoms with Crippen LogP contribution < -0.4 is 4.18 Å². The van der Waals surface area contributed by atoms with Crippen LogP contribution in [0.2, 0.25) is 0 Å². The van der Waals surface area contributed by atoms with Gasteiger partial charge in [-0.05, 0) is 61.2 Å². The highest BCUT2D eigenvalue weighted by molar-refractivity contribution is 7.81. The van der Waals surface area contributed by atoms with Gasteiger partial charge in [0.2, 0.25) is 0 Å². The molecule has 6 heteroatoms. The van der Waals surface area contributed by atoms with Crippen molar-refractivity contribution in [2.45, 2.75) is 51.0 Å². The number of benzene rings is 1. The molecule has 24 heavy (non-hydrogen) atoms. The monoisotopic (exact) mass is 354 g/mol. The maximum absolute atomic E-state index is 11.0. The van der Waals surface area contributed by atoms with Gasteiger partial charge in [-0.15, -0.1) is 0 Å². The van der Waals surface area contributed by atoms with Crippen LogP contribution in [0, 0.1) is 11.3 Å². The van der Waals surface area contributed by atoms with E-state index in [9.17, 15) is 13.5 Å². The molecule has 0 radical (unpaired) electrons. The standard InChI is InChI=1S/C18H22O5S/c1-18-9-8-14-13-5-3-12(23-24(20,21)22)10-11(13)2-4-15(14)16(18)6-7-17(18)19/h3-5,10,14,16-17,19H,2,6-9H2,1H3,(H,20,21,22)/t14?,16?,17-,18?/m0/s1/i3D,7D2,10D. The van der Waals surface area contributed by atoms with Crippen LogP contribution >= 0.6 is 0 Å². The number of hydrogen-bond acceptors (Lipinski definition) is 4. The van der Waals surface area contributed by atoms with Crippen LogP contribution in [0.1, 0.15) is 55.1 Å². The minimum Gasteiger partial charge on any atom is -0.393 e. The molecule has 0 bridgehead atoms. The number of hydrogen-bond donors (Lipinski definition) is 2.